The van der Waals surface area contributed by atoms with Gasteiger partial charge >= 0.3 is 0 Å². The minimum absolute atomic E-state index is 0.214. The summed E-state index contributed by atoms with van der Waals surface area (Å²) < 4.78 is 11.0. The van der Waals surface area contributed by atoms with E-state index in [9.17, 15) is 5.11 Å². The third kappa shape index (κ3) is 4.85. The van der Waals surface area contributed by atoms with Gasteiger partial charge in [0.2, 0.25) is 0 Å². The minimum atomic E-state index is 0.214. The Hall–Kier alpha value is -2.08. The number of hydrogen-bond acceptors (Lipinski definition) is 5. The minimum Gasteiger partial charge on any atom is -0.493 e. The van der Waals surface area contributed by atoms with E-state index in [0.29, 0.717) is 6.04 Å². The quantitative estimate of drug-likeness (QED) is 0.758. The molecule has 0 radical (unpaired) electrons. The first kappa shape index (κ1) is 20.6. The average Bonchev–Trinajstić information content (AvgIpc) is 2.71. The molecule has 28 heavy (non-hydrogen) atoms. The van der Waals surface area contributed by atoms with Gasteiger partial charge in [-0.2, -0.15) is 0 Å². The van der Waals surface area contributed by atoms with Crippen LogP contribution in [0.1, 0.15) is 23.1 Å². The van der Waals surface area contributed by atoms with Crippen LogP contribution in [0.15, 0.2) is 42.5 Å². The topological polar surface area (TPSA) is 45.2 Å². The second-order valence-electron chi connectivity index (χ2n) is 7.45. The van der Waals surface area contributed by atoms with Crippen molar-refractivity contribution in [1.29, 1.82) is 0 Å². The summed E-state index contributed by atoms with van der Waals surface area (Å²) in [6.45, 7) is 7.06. The van der Waals surface area contributed by atoms with E-state index in [1.807, 2.05) is 12.1 Å². The molecule has 3 rings (SSSR count). The number of aliphatic hydroxyl groups excluding tert-OH is 1. The van der Waals surface area contributed by atoms with E-state index < -0.39 is 0 Å². The molecule has 2 aromatic carbocycles. The van der Waals surface area contributed by atoms with Crippen LogP contribution >= 0.6 is 0 Å². The fourth-order valence-electron chi connectivity index (χ4n) is 4.06. The van der Waals surface area contributed by atoms with Gasteiger partial charge in [-0.05, 0) is 30.5 Å². The van der Waals surface area contributed by atoms with Crippen molar-refractivity contribution in [3.63, 3.8) is 0 Å². The van der Waals surface area contributed by atoms with Crippen molar-refractivity contribution in [2.45, 2.75) is 32.5 Å². The fraction of sp³-hybridized carbons (Fsp3) is 0.478. The number of methoxy groups -OCH3 is 2. The third-order valence-corrected chi connectivity index (χ3v) is 5.66. The molecule has 2 aromatic rings. The molecule has 0 spiro atoms. The van der Waals surface area contributed by atoms with Gasteiger partial charge in [-0.3, -0.25) is 9.80 Å². The Labute approximate surface area is 168 Å². The summed E-state index contributed by atoms with van der Waals surface area (Å²) in [5.41, 5.74) is 3.83. The third-order valence-electron chi connectivity index (χ3n) is 5.66. The standard InChI is InChI=1S/C23H32N2O3/c1-18-7-4-5-8-19(18)16-25-13-12-24(17-21(25)11-14-26)15-20-9-6-10-22(27-2)23(20)28-3/h4-10,21,26H,11-17H2,1-3H3/t21-/m0/s1. The Kier molecular flexibility index (Phi) is 7.31. The number of ether oxygens (including phenoxy) is 2. The van der Waals surface area contributed by atoms with Crippen LogP contribution in [-0.2, 0) is 13.1 Å². The number of benzene rings is 2. The number of piperazine rings is 1. The zero-order valence-corrected chi connectivity index (χ0v) is 17.2. The Morgan fingerprint density at radius 3 is 2.46 bits per heavy atom. The van der Waals surface area contributed by atoms with Gasteiger partial charge in [0.1, 0.15) is 0 Å². The predicted octanol–water partition coefficient (Wildman–Crippen LogP) is 3.08. The molecule has 1 aliphatic heterocycles. The highest BCUT2D eigenvalue weighted by atomic mass is 16.5. The molecule has 0 saturated carbocycles. The monoisotopic (exact) mass is 384 g/mol. The van der Waals surface area contributed by atoms with E-state index in [1.54, 1.807) is 14.2 Å². The second kappa shape index (κ2) is 9.92. The summed E-state index contributed by atoms with van der Waals surface area (Å²) in [6.07, 6.45) is 0.789. The van der Waals surface area contributed by atoms with Crippen molar-refractivity contribution in [2.75, 3.05) is 40.5 Å². The highest BCUT2D eigenvalue weighted by Gasteiger charge is 2.27. The number of rotatable bonds is 8. The fourth-order valence-corrected chi connectivity index (χ4v) is 4.06. The van der Waals surface area contributed by atoms with Crippen LogP contribution in [-0.4, -0.2) is 61.4 Å². The van der Waals surface area contributed by atoms with E-state index in [4.69, 9.17) is 9.47 Å². The van der Waals surface area contributed by atoms with E-state index >= 15 is 0 Å². The van der Waals surface area contributed by atoms with E-state index in [-0.39, 0.29) is 6.61 Å². The molecule has 0 aromatic heterocycles. The zero-order chi connectivity index (χ0) is 19.9. The van der Waals surface area contributed by atoms with Crippen LogP contribution < -0.4 is 9.47 Å². The van der Waals surface area contributed by atoms with Crippen LogP contribution in [0.25, 0.3) is 0 Å². The number of hydrogen-bond donors (Lipinski definition) is 1. The molecule has 5 nitrogen and oxygen atoms in total. The molecule has 0 unspecified atom stereocenters. The number of aliphatic hydroxyl groups is 1. The summed E-state index contributed by atoms with van der Waals surface area (Å²) in [5, 5.41) is 9.60. The highest BCUT2D eigenvalue weighted by Crippen LogP contribution is 2.32. The maximum atomic E-state index is 9.60. The van der Waals surface area contributed by atoms with Crippen molar-refractivity contribution < 1.29 is 14.6 Å². The molecule has 1 fully saturated rings. The van der Waals surface area contributed by atoms with Crippen molar-refractivity contribution >= 4 is 0 Å². The smallest absolute Gasteiger partial charge is 0.165 e. The first-order chi connectivity index (χ1) is 13.7. The lowest BCUT2D eigenvalue weighted by atomic mass is 10.0. The SMILES string of the molecule is COc1cccc(CN2CCN(Cc3ccccc3C)[C@@H](CCO)C2)c1OC. The van der Waals surface area contributed by atoms with Gasteiger partial charge in [-0.15, -0.1) is 0 Å². The molecule has 1 heterocycles. The lowest BCUT2D eigenvalue weighted by Crippen LogP contribution is -2.52. The Bertz CT molecular complexity index is 765. The first-order valence-corrected chi connectivity index (χ1v) is 9.98. The molecule has 152 valence electrons. The predicted molar refractivity (Wildman–Crippen MR) is 112 cm³/mol. The second-order valence-corrected chi connectivity index (χ2v) is 7.45. The number of aryl methyl sites for hydroxylation is 1. The Morgan fingerprint density at radius 2 is 1.75 bits per heavy atom. The molecule has 0 aliphatic carbocycles. The van der Waals surface area contributed by atoms with Crippen molar-refractivity contribution in [1.82, 2.24) is 9.80 Å². The van der Waals surface area contributed by atoms with Gasteiger partial charge in [-0.1, -0.05) is 36.4 Å². The lowest BCUT2D eigenvalue weighted by molar-refractivity contribution is 0.0495. The number of para-hydroxylation sites is 1. The van der Waals surface area contributed by atoms with Crippen LogP contribution in [0.2, 0.25) is 0 Å². The molecular weight excluding hydrogens is 352 g/mol. The molecule has 5 heteroatoms. The van der Waals surface area contributed by atoms with Crippen molar-refractivity contribution in [3.05, 3.63) is 59.2 Å². The highest BCUT2D eigenvalue weighted by molar-refractivity contribution is 5.46. The molecule has 0 amide bonds. The summed E-state index contributed by atoms with van der Waals surface area (Å²) >= 11 is 0. The first-order valence-electron chi connectivity index (χ1n) is 9.98. The molecule has 1 N–H and O–H groups in total. The average molecular weight is 385 g/mol. The molecule has 1 saturated heterocycles. The molecule has 1 aliphatic rings. The van der Waals surface area contributed by atoms with Crippen LogP contribution in [0.3, 0.4) is 0 Å². The van der Waals surface area contributed by atoms with Crippen molar-refractivity contribution in [2.24, 2.45) is 0 Å². The van der Waals surface area contributed by atoms with Crippen LogP contribution in [0, 0.1) is 6.92 Å². The van der Waals surface area contributed by atoms with Crippen LogP contribution in [0.5, 0.6) is 11.5 Å². The van der Waals surface area contributed by atoms with E-state index in [1.165, 1.54) is 11.1 Å². The van der Waals surface area contributed by atoms with E-state index in [0.717, 1.165) is 56.2 Å². The maximum absolute atomic E-state index is 9.60. The summed E-state index contributed by atoms with van der Waals surface area (Å²) in [7, 11) is 3.36. The largest absolute Gasteiger partial charge is 0.493 e. The van der Waals surface area contributed by atoms with Gasteiger partial charge in [0.15, 0.2) is 11.5 Å². The molecule has 1 atom stereocenters. The van der Waals surface area contributed by atoms with E-state index in [2.05, 4.69) is 47.1 Å². The Morgan fingerprint density at radius 1 is 0.964 bits per heavy atom. The normalized spacial score (nSPS) is 18.2. The molecule has 0 bridgehead atoms. The van der Waals surface area contributed by atoms with Gasteiger partial charge in [0, 0.05) is 50.9 Å². The van der Waals surface area contributed by atoms with Crippen LogP contribution in [0.4, 0.5) is 0 Å². The van der Waals surface area contributed by atoms with Gasteiger partial charge in [-0.25, -0.2) is 0 Å². The van der Waals surface area contributed by atoms with Gasteiger partial charge < -0.3 is 14.6 Å². The van der Waals surface area contributed by atoms with Gasteiger partial charge in [0.05, 0.1) is 14.2 Å². The molecular formula is C23H32N2O3. The maximum Gasteiger partial charge on any atom is 0.165 e. The number of nitrogens with zero attached hydrogens (tertiary/aromatic N) is 2. The summed E-state index contributed by atoms with van der Waals surface area (Å²) in [5.74, 6) is 1.58. The van der Waals surface area contributed by atoms with Crippen molar-refractivity contribution in [3.8, 4) is 11.5 Å². The zero-order valence-electron chi connectivity index (χ0n) is 17.2. The Balaban J connectivity index is 1.70. The lowest BCUT2D eigenvalue weighted by Gasteiger charge is -2.41. The summed E-state index contributed by atoms with van der Waals surface area (Å²) in [4.78, 5) is 4.96. The van der Waals surface area contributed by atoms with Gasteiger partial charge in [0.25, 0.3) is 0 Å². The summed E-state index contributed by atoms with van der Waals surface area (Å²) in [6, 6.07) is 14.9.